The van der Waals surface area contributed by atoms with Gasteiger partial charge in [-0.15, -0.1) is 0 Å². The summed E-state index contributed by atoms with van der Waals surface area (Å²) in [7, 11) is 1.78. The van der Waals surface area contributed by atoms with Gasteiger partial charge in [-0.2, -0.15) is 4.37 Å². The van der Waals surface area contributed by atoms with Crippen LogP contribution in [-0.4, -0.2) is 24.1 Å². The molecule has 6 nitrogen and oxygen atoms in total. The number of carbonyl (C=O) groups is 1. The lowest BCUT2D eigenvalue weighted by atomic mass is 10.1. The zero-order valence-corrected chi connectivity index (χ0v) is 13.4. The van der Waals surface area contributed by atoms with E-state index in [4.69, 9.17) is 9.47 Å². The van der Waals surface area contributed by atoms with Crippen molar-refractivity contribution in [3.05, 3.63) is 35.0 Å². The molecule has 1 atom stereocenters. The van der Waals surface area contributed by atoms with Crippen molar-refractivity contribution in [3.8, 4) is 11.5 Å². The Morgan fingerprint density at radius 1 is 1.36 bits per heavy atom. The highest BCUT2D eigenvalue weighted by Gasteiger charge is 2.21. The normalized spacial score (nSPS) is 13.8. The molecule has 0 bridgehead atoms. The van der Waals surface area contributed by atoms with Crippen molar-refractivity contribution in [2.75, 3.05) is 19.2 Å². The summed E-state index contributed by atoms with van der Waals surface area (Å²) in [5, 5.41) is 6.77. The number of hydrogen-bond acceptors (Lipinski definition) is 6. The van der Waals surface area contributed by atoms with Gasteiger partial charge in [0.25, 0.3) is 5.91 Å². The van der Waals surface area contributed by atoms with Crippen molar-refractivity contribution in [3.63, 3.8) is 0 Å². The molecule has 22 heavy (non-hydrogen) atoms. The predicted octanol–water partition coefficient (Wildman–Crippen LogP) is 2.71. The molecule has 2 heterocycles. The molecule has 2 aromatic rings. The summed E-state index contributed by atoms with van der Waals surface area (Å²) in [5.41, 5.74) is 2.29. The summed E-state index contributed by atoms with van der Waals surface area (Å²) >= 11 is 1.29. The highest BCUT2D eigenvalue weighted by atomic mass is 32.1. The van der Waals surface area contributed by atoms with Crippen molar-refractivity contribution in [1.82, 2.24) is 9.69 Å². The SMILES string of the molecule is CNc1snc(C)c1C(=O)NC(C)c1ccc2c(c1)OCO2. The van der Waals surface area contributed by atoms with Crippen LogP contribution in [0.2, 0.25) is 0 Å². The van der Waals surface area contributed by atoms with Crippen molar-refractivity contribution < 1.29 is 14.3 Å². The molecule has 0 saturated carbocycles. The number of nitrogens with zero attached hydrogens (tertiary/aromatic N) is 1. The van der Waals surface area contributed by atoms with E-state index in [1.54, 1.807) is 7.05 Å². The molecule has 0 saturated heterocycles. The minimum atomic E-state index is -0.147. The molecule has 1 unspecified atom stereocenters. The number of fused-ring (bicyclic) bond motifs is 1. The van der Waals surface area contributed by atoms with Gasteiger partial charge in [0.1, 0.15) is 5.00 Å². The van der Waals surface area contributed by atoms with Crippen LogP contribution < -0.4 is 20.1 Å². The van der Waals surface area contributed by atoms with E-state index in [-0.39, 0.29) is 18.7 Å². The maximum Gasteiger partial charge on any atom is 0.256 e. The molecule has 116 valence electrons. The summed E-state index contributed by atoms with van der Waals surface area (Å²) in [6.07, 6.45) is 0. The van der Waals surface area contributed by atoms with E-state index in [0.717, 1.165) is 22.0 Å². The summed E-state index contributed by atoms with van der Waals surface area (Å²) in [5.74, 6) is 1.31. The monoisotopic (exact) mass is 319 g/mol. The lowest BCUT2D eigenvalue weighted by Gasteiger charge is -2.15. The summed E-state index contributed by atoms with van der Waals surface area (Å²) in [4.78, 5) is 12.5. The Balaban J connectivity index is 1.77. The summed E-state index contributed by atoms with van der Waals surface area (Å²) < 4.78 is 14.9. The third kappa shape index (κ3) is 2.59. The zero-order valence-electron chi connectivity index (χ0n) is 12.6. The van der Waals surface area contributed by atoms with E-state index in [2.05, 4.69) is 15.0 Å². The van der Waals surface area contributed by atoms with E-state index in [9.17, 15) is 4.79 Å². The first-order valence-corrected chi connectivity index (χ1v) is 7.72. The largest absolute Gasteiger partial charge is 0.454 e. The minimum absolute atomic E-state index is 0.138. The molecule has 2 N–H and O–H groups in total. The first kappa shape index (κ1) is 14.6. The fourth-order valence-electron chi connectivity index (χ4n) is 2.34. The number of aryl methyl sites for hydroxylation is 1. The number of aromatic nitrogens is 1. The van der Waals surface area contributed by atoms with Gasteiger partial charge in [-0.25, -0.2) is 0 Å². The van der Waals surface area contributed by atoms with Crippen LogP contribution >= 0.6 is 11.5 Å². The van der Waals surface area contributed by atoms with E-state index >= 15 is 0 Å². The number of benzene rings is 1. The van der Waals surface area contributed by atoms with E-state index in [1.807, 2.05) is 32.0 Å². The third-order valence-electron chi connectivity index (χ3n) is 3.56. The van der Waals surface area contributed by atoms with Gasteiger partial charge in [-0.1, -0.05) is 6.07 Å². The Labute approximate surface area is 132 Å². The van der Waals surface area contributed by atoms with E-state index in [1.165, 1.54) is 11.5 Å². The van der Waals surface area contributed by atoms with Crippen molar-refractivity contribution in [2.24, 2.45) is 0 Å². The third-order valence-corrected chi connectivity index (χ3v) is 4.52. The maximum atomic E-state index is 12.5. The zero-order chi connectivity index (χ0) is 15.7. The second-order valence-electron chi connectivity index (χ2n) is 5.03. The molecular formula is C15H17N3O3S. The molecule has 1 aromatic carbocycles. The Kier molecular flexibility index (Phi) is 3.89. The average Bonchev–Trinajstić information content (AvgIpc) is 3.11. The van der Waals surface area contributed by atoms with Crippen LogP contribution in [0.5, 0.6) is 11.5 Å². The van der Waals surface area contributed by atoms with Crippen molar-refractivity contribution >= 4 is 22.4 Å². The van der Waals surface area contributed by atoms with Gasteiger partial charge < -0.3 is 20.1 Å². The molecular weight excluding hydrogens is 302 g/mol. The van der Waals surface area contributed by atoms with Gasteiger partial charge in [-0.3, -0.25) is 4.79 Å². The van der Waals surface area contributed by atoms with Crippen LogP contribution in [-0.2, 0) is 0 Å². The Hall–Kier alpha value is -2.28. The summed E-state index contributed by atoms with van der Waals surface area (Å²) in [6, 6.07) is 5.53. The second kappa shape index (κ2) is 5.84. The highest BCUT2D eigenvalue weighted by Crippen LogP contribution is 2.34. The quantitative estimate of drug-likeness (QED) is 0.906. The minimum Gasteiger partial charge on any atom is -0.454 e. The fourth-order valence-corrected chi connectivity index (χ4v) is 3.08. The molecule has 3 rings (SSSR count). The number of ether oxygens (including phenoxy) is 2. The number of carbonyl (C=O) groups excluding carboxylic acids is 1. The molecule has 1 aliphatic heterocycles. The second-order valence-corrected chi connectivity index (χ2v) is 5.80. The number of anilines is 1. The number of hydrogen-bond donors (Lipinski definition) is 2. The van der Waals surface area contributed by atoms with Gasteiger partial charge in [0, 0.05) is 7.05 Å². The van der Waals surface area contributed by atoms with Gasteiger partial charge in [0.05, 0.1) is 17.3 Å². The Bertz CT molecular complexity index is 714. The number of amides is 1. The van der Waals surface area contributed by atoms with Crippen molar-refractivity contribution in [1.29, 1.82) is 0 Å². The van der Waals surface area contributed by atoms with Crippen LogP contribution in [0.3, 0.4) is 0 Å². The standard InChI is InChI=1S/C15H17N3O3S/c1-8(10-4-5-11-12(6-10)21-7-20-11)17-14(19)13-9(2)18-22-15(13)16-3/h4-6,8,16H,7H2,1-3H3,(H,17,19). The van der Waals surface area contributed by atoms with E-state index < -0.39 is 0 Å². The van der Waals surface area contributed by atoms with Crippen LogP contribution in [0.4, 0.5) is 5.00 Å². The van der Waals surface area contributed by atoms with Crippen LogP contribution in [0.15, 0.2) is 18.2 Å². The maximum absolute atomic E-state index is 12.5. The topological polar surface area (TPSA) is 72.5 Å². The predicted molar refractivity (Wildman–Crippen MR) is 84.8 cm³/mol. The lowest BCUT2D eigenvalue weighted by Crippen LogP contribution is -2.27. The average molecular weight is 319 g/mol. The number of nitrogens with one attached hydrogen (secondary N) is 2. The lowest BCUT2D eigenvalue weighted by molar-refractivity contribution is 0.0940. The molecule has 0 spiro atoms. The smallest absolute Gasteiger partial charge is 0.256 e. The van der Waals surface area contributed by atoms with Crippen LogP contribution in [0.1, 0.15) is 34.6 Å². The first-order chi connectivity index (χ1) is 10.6. The van der Waals surface area contributed by atoms with Crippen molar-refractivity contribution in [2.45, 2.75) is 19.9 Å². The van der Waals surface area contributed by atoms with Crippen LogP contribution in [0, 0.1) is 6.92 Å². The van der Waals surface area contributed by atoms with E-state index in [0.29, 0.717) is 11.3 Å². The molecule has 1 aromatic heterocycles. The molecule has 7 heteroatoms. The van der Waals surface area contributed by atoms with Gasteiger partial charge in [-0.05, 0) is 43.1 Å². The highest BCUT2D eigenvalue weighted by molar-refractivity contribution is 7.10. The summed E-state index contributed by atoms with van der Waals surface area (Å²) in [6.45, 7) is 4.01. The Morgan fingerprint density at radius 2 is 2.14 bits per heavy atom. The molecule has 1 amide bonds. The van der Waals surface area contributed by atoms with Gasteiger partial charge in [0.2, 0.25) is 6.79 Å². The fraction of sp³-hybridized carbons (Fsp3) is 0.333. The van der Waals surface area contributed by atoms with Crippen LogP contribution in [0.25, 0.3) is 0 Å². The van der Waals surface area contributed by atoms with Gasteiger partial charge >= 0.3 is 0 Å². The Morgan fingerprint density at radius 3 is 2.91 bits per heavy atom. The first-order valence-electron chi connectivity index (χ1n) is 6.94. The van der Waals surface area contributed by atoms with Gasteiger partial charge in [0.15, 0.2) is 11.5 Å². The molecule has 0 aliphatic carbocycles. The molecule has 0 fully saturated rings. The number of rotatable bonds is 4. The molecule has 0 radical (unpaired) electrons. The molecule has 1 aliphatic rings.